The standard InChI is InChI=1S/C16H20N4OS/c1-11-7-17-20(8-11)13-3-2-6-19(9-13)16(21)14-10-22-15(18-14)12-4-5-12/h7-8,10,12-13H,2-6,9H2,1H3/t13-/m0/s1. The van der Waals surface area contributed by atoms with E-state index in [2.05, 4.69) is 16.3 Å². The number of likely N-dealkylation sites (tertiary alicyclic amines) is 1. The average Bonchev–Trinajstić information content (AvgIpc) is 3.10. The highest BCUT2D eigenvalue weighted by Gasteiger charge is 2.30. The normalized spacial score (nSPS) is 22.0. The molecule has 4 rings (SSSR count). The highest BCUT2D eigenvalue weighted by molar-refractivity contribution is 7.10. The Hall–Kier alpha value is -1.69. The van der Waals surface area contributed by atoms with Crippen LogP contribution in [0.4, 0.5) is 0 Å². The Labute approximate surface area is 134 Å². The van der Waals surface area contributed by atoms with Crippen LogP contribution in [0.15, 0.2) is 17.8 Å². The Bertz CT molecular complexity index is 688. The minimum atomic E-state index is 0.0803. The van der Waals surface area contributed by atoms with Crippen molar-refractivity contribution in [1.82, 2.24) is 19.7 Å². The second-order valence-corrected chi connectivity index (χ2v) is 7.28. The SMILES string of the molecule is Cc1cnn([C@H]2CCCN(C(=O)c3csc(C4CC4)n3)C2)c1. The second kappa shape index (κ2) is 5.50. The summed E-state index contributed by atoms with van der Waals surface area (Å²) in [5.41, 5.74) is 1.79. The quantitative estimate of drug-likeness (QED) is 0.874. The summed E-state index contributed by atoms with van der Waals surface area (Å²) in [4.78, 5) is 19.2. The Morgan fingerprint density at radius 2 is 2.23 bits per heavy atom. The predicted octanol–water partition coefficient (Wildman–Crippen LogP) is 3.00. The van der Waals surface area contributed by atoms with Crippen LogP contribution in [0.1, 0.15) is 58.7 Å². The minimum Gasteiger partial charge on any atom is -0.335 e. The zero-order chi connectivity index (χ0) is 15.1. The fourth-order valence-corrected chi connectivity index (χ4v) is 4.02. The molecule has 1 aliphatic carbocycles. The summed E-state index contributed by atoms with van der Waals surface area (Å²) in [6, 6.07) is 0.285. The maximum absolute atomic E-state index is 12.7. The number of carbonyl (C=O) groups is 1. The molecule has 2 fully saturated rings. The van der Waals surface area contributed by atoms with Gasteiger partial charge in [-0.2, -0.15) is 5.10 Å². The van der Waals surface area contributed by atoms with Gasteiger partial charge in [-0.1, -0.05) is 0 Å². The van der Waals surface area contributed by atoms with Crippen molar-refractivity contribution in [2.24, 2.45) is 0 Å². The zero-order valence-electron chi connectivity index (χ0n) is 12.7. The van der Waals surface area contributed by atoms with Crippen molar-refractivity contribution < 1.29 is 4.79 Å². The molecule has 0 N–H and O–H groups in total. The third-order valence-corrected chi connectivity index (χ3v) is 5.46. The molecular formula is C16H20N4OS. The first kappa shape index (κ1) is 13.9. The monoisotopic (exact) mass is 316 g/mol. The molecule has 0 bridgehead atoms. The van der Waals surface area contributed by atoms with E-state index < -0.39 is 0 Å². The molecule has 6 heteroatoms. The van der Waals surface area contributed by atoms with Crippen LogP contribution in [0.3, 0.4) is 0 Å². The van der Waals surface area contributed by atoms with Crippen LogP contribution in [-0.2, 0) is 0 Å². The van der Waals surface area contributed by atoms with Gasteiger partial charge in [-0.25, -0.2) is 4.98 Å². The van der Waals surface area contributed by atoms with E-state index in [4.69, 9.17) is 0 Å². The van der Waals surface area contributed by atoms with E-state index >= 15 is 0 Å². The van der Waals surface area contributed by atoms with E-state index in [9.17, 15) is 4.79 Å². The van der Waals surface area contributed by atoms with Crippen molar-refractivity contribution in [2.75, 3.05) is 13.1 Å². The van der Waals surface area contributed by atoms with Crippen molar-refractivity contribution in [3.05, 3.63) is 34.0 Å². The van der Waals surface area contributed by atoms with E-state index in [0.29, 0.717) is 11.6 Å². The number of aryl methyl sites for hydroxylation is 1. The van der Waals surface area contributed by atoms with Gasteiger partial charge in [0.1, 0.15) is 5.69 Å². The summed E-state index contributed by atoms with van der Waals surface area (Å²) >= 11 is 1.64. The number of aromatic nitrogens is 3. The van der Waals surface area contributed by atoms with Crippen molar-refractivity contribution in [1.29, 1.82) is 0 Å². The number of hydrogen-bond acceptors (Lipinski definition) is 4. The molecule has 116 valence electrons. The number of hydrogen-bond donors (Lipinski definition) is 0. The molecule has 1 aliphatic heterocycles. The molecule has 1 atom stereocenters. The summed E-state index contributed by atoms with van der Waals surface area (Å²) < 4.78 is 2.01. The molecule has 3 heterocycles. The van der Waals surface area contributed by atoms with Gasteiger partial charge in [-0.05, 0) is 38.2 Å². The first-order chi connectivity index (χ1) is 10.7. The fraction of sp³-hybridized carbons (Fsp3) is 0.562. The lowest BCUT2D eigenvalue weighted by molar-refractivity contribution is 0.0667. The molecule has 22 heavy (non-hydrogen) atoms. The second-order valence-electron chi connectivity index (χ2n) is 6.39. The minimum absolute atomic E-state index is 0.0803. The molecule has 0 unspecified atom stereocenters. The van der Waals surface area contributed by atoms with Gasteiger partial charge in [-0.15, -0.1) is 11.3 Å². The van der Waals surface area contributed by atoms with Crippen LogP contribution in [-0.4, -0.2) is 38.7 Å². The van der Waals surface area contributed by atoms with Gasteiger partial charge in [0.05, 0.1) is 17.2 Å². The van der Waals surface area contributed by atoms with Crippen LogP contribution in [0.25, 0.3) is 0 Å². The average molecular weight is 316 g/mol. The van der Waals surface area contributed by atoms with Crippen LogP contribution < -0.4 is 0 Å². The molecule has 1 saturated heterocycles. The lowest BCUT2D eigenvalue weighted by Crippen LogP contribution is -2.41. The van der Waals surface area contributed by atoms with Crippen molar-refractivity contribution >= 4 is 17.2 Å². The first-order valence-electron chi connectivity index (χ1n) is 7.96. The maximum Gasteiger partial charge on any atom is 0.273 e. The van der Waals surface area contributed by atoms with Crippen molar-refractivity contribution in [3.63, 3.8) is 0 Å². The van der Waals surface area contributed by atoms with E-state index in [1.807, 2.05) is 28.1 Å². The first-order valence-corrected chi connectivity index (χ1v) is 8.84. The molecule has 1 saturated carbocycles. The number of nitrogens with zero attached hydrogens (tertiary/aromatic N) is 4. The molecule has 0 radical (unpaired) electrons. The lowest BCUT2D eigenvalue weighted by Gasteiger charge is -2.32. The van der Waals surface area contributed by atoms with Gasteiger partial charge < -0.3 is 4.90 Å². The molecule has 2 aromatic heterocycles. The fourth-order valence-electron chi connectivity index (χ4n) is 3.05. The summed E-state index contributed by atoms with van der Waals surface area (Å²) in [5.74, 6) is 0.699. The number of carbonyl (C=O) groups excluding carboxylic acids is 1. The molecule has 0 aromatic carbocycles. The van der Waals surface area contributed by atoms with E-state index in [1.165, 1.54) is 12.8 Å². The highest BCUT2D eigenvalue weighted by Crippen LogP contribution is 2.41. The van der Waals surface area contributed by atoms with Gasteiger partial charge in [0.15, 0.2) is 0 Å². The van der Waals surface area contributed by atoms with Crippen LogP contribution in [0.5, 0.6) is 0 Å². The number of thiazole rings is 1. The Morgan fingerprint density at radius 1 is 1.36 bits per heavy atom. The molecule has 2 aliphatic rings. The molecule has 2 aromatic rings. The molecule has 5 nitrogen and oxygen atoms in total. The smallest absolute Gasteiger partial charge is 0.273 e. The molecular weight excluding hydrogens is 296 g/mol. The topological polar surface area (TPSA) is 51.0 Å². The summed E-state index contributed by atoms with van der Waals surface area (Å²) in [7, 11) is 0. The lowest BCUT2D eigenvalue weighted by atomic mass is 10.1. The Balaban J connectivity index is 1.47. The van der Waals surface area contributed by atoms with Crippen molar-refractivity contribution in [3.8, 4) is 0 Å². The highest BCUT2D eigenvalue weighted by atomic mass is 32.1. The zero-order valence-corrected chi connectivity index (χ0v) is 13.6. The number of amides is 1. The van der Waals surface area contributed by atoms with Gasteiger partial charge in [0.25, 0.3) is 5.91 Å². The summed E-state index contributed by atoms with van der Waals surface area (Å²) in [6.07, 6.45) is 8.50. The Kier molecular flexibility index (Phi) is 3.48. The molecule has 1 amide bonds. The molecule has 0 spiro atoms. The third-order valence-electron chi connectivity index (χ3n) is 4.46. The number of piperidine rings is 1. The summed E-state index contributed by atoms with van der Waals surface area (Å²) in [6.45, 7) is 3.60. The summed E-state index contributed by atoms with van der Waals surface area (Å²) in [5, 5.41) is 7.47. The van der Waals surface area contributed by atoms with Crippen LogP contribution >= 0.6 is 11.3 Å². The van der Waals surface area contributed by atoms with Crippen molar-refractivity contribution in [2.45, 2.75) is 44.6 Å². The van der Waals surface area contributed by atoms with E-state index in [1.54, 1.807) is 11.3 Å². The maximum atomic E-state index is 12.7. The van der Waals surface area contributed by atoms with Crippen LogP contribution in [0, 0.1) is 6.92 Å². The van der Waals surface area contributed by atoms with Gasteiger partial charge in [-0.3, -0.25) is 9.48 Å². The van der Waals surface area contributed by atoms with Gasteiger partial charge in [0.2, 0.25) is 0 Å². The van der Waals surface area contributed by atoms with E-state index in [0.717, 1.165) is 36.5 Å². The van der Waals surface area contributed by atoms with Crippen LogP contribution in [0.2, 0.25) is 0 Å². The van der Waals surface area contributed by atoms with E-state index in [-0.39, 0.29) is 11.9 Å². The third kappa shape index (κ3) is 2.67. The largest absolute Gasteiger partial charge is 0.335 e. The predicted molar refractivity (Wildman–Crippen MR) is 85.2 cm³/mol. The van der Waals surface area contributed by atoms with Gasteiger partial charge >= 0.3 is 0 Å². The van der Waals surface area contributed by atoms with Gasteiger partial charge in [0, 0.05) is 30.6 Å². The number of rotatable bonds is 3. The Morgan fingerprint density at radius 3 is 2.95 bits per heavy atom.